The molecule has 1 atom stereocenters. The van der Waals surface area contributed by atoms with Gasteiger partial charge < -0.3 is 19.6 Å². The van der Waals surface area contributed by atoms with Crippen molar-refractivity contribution in [2.24, 2.45) is 0 Å². The second-order valence-corrected chi connectivity index (χ2v) is 6.18. The van der Waals surface area contributed by atoms with E-state index >= 15 is 0 Å². The molecular weight excluding hydrogens is 425 g/mol. The molecular formula is C18H11ClF5NO4. The highest BCUT2D eigenvalue weighted by Gasteiger charge is 2.36. The van der Waals surface area contributed by atoms with Crippen molar-refractivity contribution in [2.45, 2.75) is 18.3 Å². The van der Waals surface area contributed by atoms with Crippen LogP contribution < -0.4 is 10.1 Å². The number of ether oxygens (including phenoxy) is 1. The number of carbonyl (C=O) groups is 1. The molecule has 0 bridgehead atoms. The van der Waals surface area contributed by atoms with Gasteiger partial charge in [-0.3, -0.25) is 0 Å². The van der Waals surface area contributed by atoms with Crippen molar-refractivity contribution in [3.8, 4) is 5.75 Å². The predicted molar refractivity (Wildman–Crippen MR) is 93.5 cm³/mol. The minimum atomic E-state index is -4.97. The monoisotopic (exact) mass is 435 g/mol. The van der Waals surface area contributed by atoms with E-state index in [2.05, 4.69) is 10.1 Å². The van der Waals surface area contributed by atoms with Crippen molar-refractivity contribution in [1.29, 1.82) is 0 Å². The van der Waals surface area contributed by atoms with Crippen LogP contribution in [0.4, 0.5) is 27.6 Å². The number of hydrogen-bond acceptors (Lipinski definition) is 4. The normalized spacial score (nSPS) is 12.9. The van der Waals surface area contributed by atoms with Crippen LogP contribution in [0.15, 0.2) is 46.9 Å². The van der Waals surface area contributed by atoms with Crippen molar-refractivity contribution >= 4 is 34.2 Å². The third-order valence-corrected chi connectivity index (χ3v) is 4.20. The number of nitrogens with one attached hydrogen (secondary N) is 1. The summed E-state index contributed by atoms with van der Waals surface area (Å²) in [5, 5.41) is 12.2. The predicted octanol–water partition coefficient (Wildman–Crippen LogP) is 6.10. The van der Waals surface area contributed by atoms with Gasteiger partial charge in [0.25, 0.3) is 0 Å². The third kappa shape index (κ3) is 4.37. The highest BCUT2D eigenvalue weighted by atomic mass is 35.5. The number of furan rings is 1. The van der Waals surface area contributed by atoms with Crippen LogP contribution >= 0.6 is 11.6 Å². The number of rotatable bonds is 6. The van der Waals surface area contributed by atoms with Gasteiger partial charge in [0, 0.05) is 11.1 Å². The summed E-state index contributed by atoms with van der Waals surface area (Å²) < 4.78 is 73.4. The molecule has 29 heavy (non-hydrogen) atoms. The van der Waals surface area contributed by atoms with Crippen LogP contribution in [0.25, 0.3) is 11.0 Å². The van der Waals surface area contributed by atoms with E-state index in [1.54, 1.807) is 18.2 Å². The lowest BCUT2D eigenvalue weighted by atomic mass is 10.1. The summed E-state index contributed by atoms with van der Waals surface area (Å²) in [5.74, 6) is -2.95. The Kier molecular flexibility index (Phi) is 5.56. The first kappa shape index (κ1) is 20.7. The summed E-state index contributed by atoms with van der Waals surface area (Å²) in [4.78, 5) is 11.5. The molecule has 0 saturated carbocycles. The SMILES string of the molecule is O=C(O)c1oc2ccccc2c1C(Cl)Nc1ccc(OC(F)F)c(C(F)(F)F)c1. The lowest BCUT2D eigenvalue weighted by Gasteiger charge is -2.17. The second kappa shape index (κ2) is 7.78. The Bertz CT molecular complexity index is 1050. The van der Waals surface area contributed by atoms with E-state index in [0.29, 0.717) is 17.5 Å². The Morgan fingerprint density at radius 1 is 1.17 bits per heavy atom. The Labute approximate surface area is 164 Å². The van der Waals surface area contributed by atoms with Crippen LogP contribution in [0, 0.1) is 0 Å². The molecule has 0 aliphatic carbocycles. The van der Waals surface area contributed by atoms with Gasteiger partial charge in [-0.2, -0.15) is 22.0 Å². The Hall–Kier alpha value is -3.01. The van der Waals surface area contributed by atoms with Gasteiger partial charge in [0.15, 0.2) is 0 Å². The van der Waals surface area contributed by atoms with Gasteiger partial charge in [0.05, 0.1) is 11.1 Å². The minimum absolute atomic E-state index is 0.0104. The summed E-state index contributed by atoms with van der Waals surface area (Å²) in [6, 6.07) is 8.56. The van der Waals surface area contributed by atoms with E-state index in [9.17, 15) is 31.9 Å². The average molecular weight is 436 g/mol. The maximum absolute atomic E-state index is 13.2. The molecule has 0 spiro atoms. The van der Waals surface area contributed by atoms with Crippen LogP contribution in [0.3, 0.4) is 0 Å². The zero-order chi connectivity index (χ0) is 21.3. The number of carboxylic acid groups (broad SMARTS) is 1. The number of aromatic carboxylic acids is 1. The van der Waals surface area contributed by atoms with Crippen molar-refractivity contribution in [2.75, 3.05) is 5.32 Å². The average Bonchev–Trinajstić information content (AvgIpc) is 3.01. The molecule has 3 rings (SSSR count). The Balaban J connectivity index is 1.99. The van der Waals surface area contributed by atoms with Crippen LogP contribution in [-0.4, -0.2) is 17.7 Å². The fraction of sp³-hybridized carbons (Fsp3) is 0.167. The van der Waals surface area contributed by atoms with Gasteiger partial charge >= 0.3 is 18.8 Å². The molecule has 154 valence electrons. The number of alkyl halides is 6. The summed E-state index contributed by atoms with van der Waals surface area (Å²) in [6.07, 6.45) is -4.97. The maximum Gasteiger partial charge on any atom is 0.420 e. The van der Waals surface area contributed by atoms with Crippen molar-refractivity contribution < 1.29 is 41.0 Å². The molecule has 0 aliphatic rings. The van der Waals surface area contributed by atoms with E-state index in [0.717, 1.165) is 6.07 Å². The summed E-state index contributed by atoms with van der Waals surface area (Å²) in [7, 11) is 0. The van der Waals surface area contributed by atoms with Crippen LogP contribution in [0.2, 0.25) is 0 Å². The number of anilines is 1. The Morgan fingerprint density at radius 3 is 2.48 bits per heavy atom. The number of para-hydroxylation sites is 1. The third-order valence-electron chi connectivity index (χ3n) is 3.88. The summed E-state index contributed by atoms with van der Waals surface area (Å²) in [5.41, 5.74) is -2.70. The molecule has 0 aliphatic heterocycles. The lowest BCUT2D eigenvalue weighted by molar-refractivity contribution is -0.141. The second-order valence-electron chi connectivity index (χ2n) is 5.74. The van der Waals surface area contributed by atoms with Gasteiger partial charge in [-0.05, 0) is 24.3 Å². The smallest absolute Gasteiger partial charge is 0.420 e. The van der Waals surface area contributed by atoms with Crippen molar-refractivity contribution in [3.63, 3.8) is 0 Å². The van der Waals surface area contributed by atoms with Crippen molar-refractivity contribution in [3.05, 3.63) is 59.4 Å². The Morgan fingerprint density at radius 2 is 1.86 bits per heavy atom. The quantitative estimate of drug-likeness (QED) is 0.278. The fourth-order valence-corrected chi connectivity index (χ4v) is 3.08. The van der Waals surface area contributed by atoms with E-state index in [-0.39, 0.29) is 16.8 Å². The molecule has 2 aromatic carbocycles. The number of fused-ring (bicyclic) bond motifs is 1. The molecule has 0 radical (unpaired) electrons. The summed E-state index contributed by atoms with van der Waals surface area (Å²) in [6.45, 7) is -3.44. The van der Waals surface area contributed by atoms with Gasteiger partial charge in [0.1, 0.15) is 16.8 Å². The number of halogens is 6. The standard InChI is InChI=1S/C18H11ClF5NO4/c19-15(13-9-3-1-2-4-11(9)28-14(13)16(26)27)25-8-5-6-12(29-17(20)21)10(7-8)18(22,23)24/h1-7,15,17,25H,(H,26,27). The van der Waals surface area contributed by atoms with E-state index in [4.69, 9.17) is 16.0 Å². The first-order valence-electron chi connectivity index (χ1n) is 7.89. The van der Waals surface area contributed by atoms with E-state index in [1.807, 2.05) is 0 Å². The number of hydrogen-bond donors (Lipinski definition) is 2. The zero-order valence-electron chi connectivity index (χ0n) is 14.1. The first-order chi connectivity index (χ1) is 13.6. The molecule has 0 saturated heterocycles. The van der Waals surface area contributed by atoms with Crippen LogP contribution in [0.5, 0.6) is 5.75 Å². The van der Waals surface area contributed by atoms with E-state index < -0.39 is 41.3 Å². The highest BCUT2D eigenvalue weighted by Crippen LogP contribution is 2.40. The molecule has 1 aromatic heterocycles. The molecule has 5 nitrogen and oxygen atoms in total. The summed E-state index contributed by atoms with van der Waals surface area (Å²) >= 11 is 6.23. The number of carboxylic acids is 1. The fourth-order valence-electron chi connectivity index (χ4n) is 2.73. The molecule has 1 unspecified atom stereocenters. The molecule has 0 amide bonds. The maximum atomic E-state index is 13.2. The van der Waals surface area contributed by atoms with Crippen LogP contribution in [-0.2, 0) is 6.18 Å². The highest BCUT2D eigenvalue weighted by molar-refractivity contribution is 6.23. The molecule has 2 N–H and O–H groups in total. The zero-order valence-corrected chi connectivity index (χ0v) is 14.9. The minimum Gasteiger partial charge on any atom is -0.475 e. The lowest BCUT2D eigenvalue weighted by Crippen LogP contribution is -2.13. The molecule has 1 heterocycles. The van der Waals surface area contributed by atoms with Gasteiger partial charge in [-0.1, -0.05) is 29.8 Å². The number of benzene rings is 2. The van der Waals surface area contributed by atoms with Gasteiger partial charge in [-0.25, -0.2) is 4.79 Å². The molecule has 11 heteroatoms. The largest absolute Gasteiger partial charge is 0.475 e. The molecule has 0 fully saturated rings. The van der Waals surface area contributed by atoms with Gasteiger partial charge in [-0.15, -0.1) is 0 Å². The van der Waals surface area contributed by atoms with Crippen molar-refractivity contribution in [1.82, 2.24) is 0 Å². The topological polar surface area (TPSA) is 71.7 Å². The molecule has 3 aromatic rings. The van der Waals surface area contributed by atoms with E-state index in [1.165, 1.54) is 6.07 Å². The van der Waals surface area contributed by atoms with Crippen LogP contribution in [0.1, 0.15) is 27.2 Å². The van der Waals surface area contributed by atoms with Gasteiger partial charge in [0.2, 0.25) is 5.76 Å². The first-order valence-corrected chi connectivity index (χ1v) is 8.33.